The van der Waals surface area contributed by atoms with E-state index in [2.05, 4.69) is 13.2 Å². The number of rotatable bonds is 12. The van der Waals surface area contributed by atoms with Crippen molar-refractivity contribution in [3.05, 3.63) is 85.0 Å². The minimum absolute atomic E-state index is 0.0192. The smallest absolute Gasteiger partial charge is 0.338 e. The van der Waals surface area contributed by atoms with Crippen molar-refractivity contribution in [1.82, 2.24) is 9.21 Å². The highest BCUT2D eigenvalue weighted by molar-refractivity contribution is 7.89. The molecule has 2 aromatic carbocycles. The Balaban J connectivity index is 2.22. The van der Waals surface area contributed by atoms with Crippen LogP contribution in [0.15, 0.2) is 78.7 Å². The molecule has 0 atom stereocenters. The molecule has 0 aliphatic carbocycles. The van der Waals surface area contributed by atoms with Crippen molar-refractivity contribution in [3.63, 3.8) is 0 Å². The molecule has 0 N–H and O–H groups in total. The molecule has 0 aromatic heterocycles. The molecular formula is C24H28N2O6S. The zero-order valence-electron chi connectivity index (χ0n) is 18.8. The summed E-state index contributed by atoms with van der Waals surface area (Å²) in [5.74, 6) is -1.16. The number of carbonyl (C=O) groups is 2. The van der Waals surface area contributed by atoms with Crippen LogP contribution in [0.25, 0.3) is 0 Å². The van der Waals surface area contributed by atoms with Crippen LogP contribution in [0.4, 0.5) is 0 Å². The van der Waals surface area contributed by atoms with Gasteiger partial charge in [0.15, 0.2) is 6.61 Å². The fourth-order valence-corrected chi connectivity index (χ4v) is 4.33. The topological polar surface area (TPSA) is 93.2 Å². The van der Waals surface area contributed by atoms with Crippen LogP contribution < -0.4 is 4.74 Å². The number of ether oxygens (including phenoxy) is 2. The zero-order chi connectivity index (χ0) is 24.4. The molecule has 2 aromatic rings. The summed E-state index contributed by atoms with van der Waals surface area (Å²) in [6.07, 6.45) is 3.10. The van der Waals surface area contributed by atoms with Gasteiger partial charge in [0.05, 0.1) is 12.7 Å². The van der Waals surface area contributed by atoms with Crippen molar-refractivity contribution in [2.75, 3.05) is 33.9 Å². The number of benzene rings is 2. The second-order valence-electron chi connectivity index (χ2n) is 7.06. The number of amides is 1. The Morgan fingerprint density at radius 1 is 1.03 bits per heavy atom. The molecule has 0 heterocycles. The maximum atomic E-state index is 13.2. The Morgan fingerprint density at radius 3 is 2.24 bits per heavy atom. The Kier molecular flexibility index (Phi) is 9.38. The molecule has 0 fully saturated rings. The van der Waals surface area contributed by atoms with E-state index in [0.717, 1.165) is 5.56 Å². The van der Waals surface area contributed by atoms with E-state index in [-0.39, 0.29) is 35.8 Å². The number of methoxy groups -OCH3 is 1. The Morgan fingerprint density at radius 2 is 1.67 bits per heavy atom. The van der Waals surface area contributed by atoms with Crippen molar-refractivity contribution in [1.29, 1.82) is 0 Å². The number of hydrogen-bond acceptors (Lipinski definition) is 6. The third kappa shape index (κ3) is 6.77. The molecule has 0 aliphatic heterocycles. The van der Waals surface area contributed by atoms with E-state index >= 15 is 0 Å². The van der Waals surface area contributed by atoms with E-state index in [1.54, 1.807) is 12.2 Å². The Hall–Kier alpha value is -3.43. The van der Waals surface area contributed by atoms with Gasteiger partial charge in [-0.05, 0) is 23.8 Å². The molecule has 0 saturated carbocycles. The van der Waals surface area contributed by atoms with Crippen LogP contribution in [0.5, 0.6) is 5.75 Å². The Bertz CT molecular complexity index is 1090. The van der Waals surface area contributed by atoms with Gasteiger partial charge < -0.3 is 14.4 Å². The zero-order valence-corrected chi connectivity index (χ0v) is 19.6. The lowest BCUT2D eigenvalue weighted by molar-refractivity contribution is -0.133. The van der Waals surface area contributed by atoms with Crippen LogP contribution in [0, 0.1) is 0 Å². The predicted octanol–water partition coefficient (Wildman–Crippen LogP) is 2.87. The van der Waals surface area contributed by atoms with Crippen LogP contribution >= 0.6 is 0 Å². The van der Waals surface area contributed by atoms with Gasteiger partial charge in [0.2, 0.25) is 10.0 Å². The number of nitrogens with zero attached hydrogens (tertiary/aromatic N) is 2. The van der Waals surface area contributed by atoms with Gasteiger partial charge in [-0.1, -0.05) is 42.5 Å². The first kappa shape index (κ1) is 25.8. The van der Waals surface area contributed by atoms with Gasteiger partial charge in [0, 0.05) is 26.7 Å². The number of carbonyl (C=O) groups excluding carboxylic acids is 2. The van der Waals surface area contributed by atoms with Gasteiger partial charge in [0.25, 0.3) is 5.91 Å². The largest absolute Gasteiger partial charge is 0.495 e. The standard InChI is InChI=1S/C24H28N2O6S/c1-5-14-26(15-6-2)23(27)18-32-24(28)20-12-13-21(31-4)22(16-20)33(29,30)25(3)17-19-10-8-7-9-11-19/h5-13,16H,1-2,14-15,17-18H2,3-4H3. The third-order valence-corrected chi connectivity index (χ3v) is 6.54. The van der Waals surface area contributed by atoms with Gasteiger partial charge in [-0.3, -0.25) is 4.79 Å². The first-order valence-electron chi connectivity index (χ1n) is 10.1. The lowest BCUT2D eigenvalue weighted by atomic mass is 10.2. The van der Waals surface area contributed by atoms with Crippen molar-refractivity contribution in [2.45, 2.75) is 11.4 Å². The van der Waals surface area contributed by atoms with Gasteiger partial charge in [0.1, 0.15) is 10.6 Å². The van der Waals surface area contributed by atoms with Crippen LogP contribution in [0.3, 0.4) is 0 Å². The molecule has 0 bridgehead atoms. The van der Waals surface area contributed by atoms with Crippen molar-refractivity contribution in [3.8, 4) is 5.75 Å². The average Bonchev–Trinajstić information content (AvgIpc) is 2.82. The van der Waals surface area contributed by atoms with Gasteiger partial charge in [-0.2, -0.15) is 4.31 Å². The normalized spacial score (nSPS) is 11.0. The molecular weight excluding hydrogens is 444 g/mol. The van der Waals surface area contributed by atoms with Crippen molar-refractivity contribution < 1.29 is 27.5 Å². The summed E-state index contributed by atoms with van der Waals surface area (Å²) in [6.45, 7) is 7.37. The molecule has 8 nitrogen and oxygen atoms in total. The van der Waals surface area contributed by atoms with Crippen molar-refractivity contribution >= 4 is 21.9 Å². The third-order valence-electron chi connectivity index (χ3n) is 4.71. The summed E-state index contributed by atoms with van der Waals surface area (Å²) in [6, 6.07) is 13.1. The summed E-state index contributed by atoms with van der Waals surface area (Å²) in [5, 5.41) is 0. The fourth-order valence-electron chi connectivity index (χ4n) is 2.99. The lowest BCUT2D eigenvalue weighted by Crippen LogP contribution is -2.35. The van der Waals surface area contributed by atoms with E-state index < -0.39 is 28.5 Å². The molecule has 1 amide bonds. The van der Waals surface area contributed by atoms with Gasteiger partial charge in [-0.25, -0.2) is 13.2 Å². The van der Waals surface area contributed by atoms with E-state index in [9.17, 15) is 18.0 Å². The Labute approximate surface area is 194 Å². The molecule has 0 unspecified atom stereocenters. The average molecular weight is 473 g/mol. The first-order chi connectivity index (χ1) is 15.7. The highest BCUT2D eigenvalue weighted by Gasteiger charge is 2.27. The SMILES string of the molecule is C=CCN(CC=C)C(=O)COC(=O)c1ccc(OC)c(S(=O)(=O)N(C)Cc2ccccc2)c1. The summed E-state index contributed by atoms with van der Waals surface area (Å²) in [4.78, 5) is 26.1. The number of esters is 1. The predicted molar refractivity (Wildman–Crippen MR) is 125 cm³/mol. The monoisotopic (exact) mass is 472 g/mol. The van der Waals surface area contributed by atoms with Crippen molar-refractivity contribution in [2.24, 2.45) is 0 Å². The highest BCUT2D eigenvalue weighted by atomic mass is 32.2. The molecule has 2 rings (SSSR count). The van der Waals surface area contributed by atoms with Crippen LogP contribution in [-0.2, 0) is 26.1 Å². The van der Waals surface area contributed by atoms with Crippen LogP contribution in [0.2, 0.25) is 0 Å². The van der Waals surface area contributed by atoms with Gasteiger partial charge >= 0.3 is 5.97 Å². The molecule has 33 heavy (non-hydrogen) atoms. The van der Waals surface area contributed by atoms with Crippen LogP contribution in [0.1, 0.15) is 15.9 Å². The summed E-state index contributed by atoms with van der Waals surface area (Å²) < 4.78 is 37.9. The summed E-state index contributed by atoms with van der Waals surface area (Å²) >= 11 is 0. The first-order valence-corrected chi connectivity index (χ1v) is 11.5. The van der Waals surface area contributed by atoms with E-state index in [1.807, 2.05) is 30.3 Å². The van der Waals surface area contributed by atoms with Crippen LogP contribution in [-0.4, -0.2) is 63.4 Å². The summed E-state index contributed by atoms with van der Waals surface area (Å²) in [7, 11) is -1.21. The minimum Gasteiger partial charge on any atom is -0.495 e. The summed E-state index contributed by atoms with van der Waals surface area (Å²) in [5.41, 5.74) is 0.787. The molecule has 0 saturated heterocycles. The molecule has 9 heteroatoms. The highest BCUT2D eigenvalue weighted by Crippen LogP contribution is 2.28. The maximum absolute atomic E-state index is 13.2. The molecule has 0 radical (unpaired) electrons. The molecule has 0 aliphatic rings. The fraction of sp³-hybridized carbons (Fsp3) is 0.250. The second-order valence-corrected chi connectivity index (χ2v) is 9.08. The lowest BCUT2D eigenvalue weighted by Gasteiger charge is -2.20. The molecule has 0 spiro atoms. The van der Waals surface area contributed by atoms with E-state index in [4.69, 9.17) is 9.47 Å². The second kappa shape index (κ2) is 12.0. The van der Waals surface area contributed by atoms with E-state index in [1.165, 1.54) is 41.6 Å². The quantitative estimate of drug-likeness (QED) is 0.348. The minimum atomic E-state index is -3.99. The maximum Gasteiger partial charge on any atom is 0.338 e. The van der Waals surface area contributed by atoms with Gasteiger partial charge in [-0.15, -0.1) is 13.2 Å². The van der Waals surface area contributed by atoms with E-state index in [0.29, 0.717) is 0 Å². The number of hydrogen-bond donors (Lipinski definition) is 0. The number of sulfonamides is 1. The molecule has 176 valence electrons.